The van der Waals surface area contributed by atoms with Crippen LogP contribution in [0.4, 0.5) is 0 Å². The van der Waals surface area contributed by atoms with Crippen molar-refractivity contribution in [1.29, 1.82) is 0 Å². The fraction of sp³-hybridized carbons (Fsp3) is 0. The van der Waals surface area contributed by atoms with E-state index < -0.39 is 0 Å². The van der Waals surface area contributed by atoms with E-state index in [-0.39, 0.29) is 31.0 Å². The van der Waals surface area contributed by atoms with Gasteiger partial charge in [-0.3, -0.25) is 0 Å². The van der Waals surface area contributed by atoms with Gasteiger partial charge in [-0.1, -0.05) is 0 Å². The summed E-state index contributed by atoms with van der Waals surface area (Å²) in [5, 5.41) is 1.92. The van der Waals surface area contributed by atoms with Crippen molar-refractivity contribution < 1.29 is 31.0 Å². The molecule has 0 amide bonds. The first-order chi connectivity index (χ1) is 2.89. The average Bonchev–Trinajstić information content (AvgIpc) is 1.86. The molecule has 34 valence electrons. The molecule has 0 aliphatic heterocycles. The van der Waals surface area contributed by atoms with Gasteiger partial charge in [-0.15, -0.1) is 11.3 Å². The zero-order chi connectivity index (χ0) is 4.41. The third kappa shape index (κ3) is 2.82. The fourth-order valence-corrected chi connectivity index (χ4v) is 1.00. The molecule has 0 spiro atoms. The summed E-state index contributed by atoms with van der Waals surface area (Å²) in [6.45, 7) is 0. The summed E-state index contributed by atoms with van der Waals surface area (Å²) in [5.41, 5.74) is 0. The number of hydrogen-bond donors (Lipinski definition) is 0. The standard InChI is InChI=1S/C3H2BrNS.Na.H/c4-3-5-1-2-6-3;;/h1-2H;;/q;+1;-1. The molecule has 0 unspecified atom stereocenters. The van der Waals surface area contributed by atoms with E-state index in [1.54, 1.807) is 17.5 Å². The molecule has 0 saturated carbocycles. The van der Waals surface area contributed by atoms with Crippen molar-refractivity contribution >= 4 is 27.3 Å². The molecule has 1 rings (SSSR count). The maximum Gasteiger partial charge on any atom is 1.00 e. The van der Waals surface area contributed by atoms with Gasteiger partial charge in [-0.05, 0) is 15.9 Å². The Hall–Kier alpha value is 1.11. The van der Waals surface area contributed by atoms with Crippen LogP contribution in [0.3, 0.4) is 0 Å². The summed E-state index contributed by atoms with van der Waals surface area (Å²) in [5.74, 6) is 0. The van der Waals surface area contributed by atoms with Crippen LogP contribution in [0, 0.1) is 0 Å². The predicted octanol–water partition coefficient (Wildman–Crippen LogP) is -0.978. The summed E-state index contributed by atoms with van der Waals surface area (Å²) in [7, 11) is 0. The monoisotopic (exact) mass is 187 g/mol. The Bertz CT molecular complexity index is 123. The minimum absolute atomic E-state index is 0. The van der Waals surface area contributed by atoms with Crippen LogP contribution in [-0.4, -0.2) is 4.98 Å². The molecular formula is C3H3BrNNaS. The molecule has 0 aromatic carbocycles. The van der Waals surface area contributed by atoms with Crippen LogP contribution in [0.1, 0.15) is 1.43 Å². The van der Waals surface area contributed by atoms with E-state index in [1.165, 1.54) is 0 Å². The molecule has 0 aliphatic carbocycles. The third-order valence-corrected chi connectivity index (χ3v) is 1.73. The van der Waals surface area contributed by atoms with E-state index >= 15 is 0 Å². The smallest absolute Gasteiger partial charge is 1.00 e. The molecule has 1 nitrogen and oxygen atoms in total. The number of halogens is 1. The number of nitrogens with zero attached hydrogens (tertiary/aromatic N) is 1. The second kappa shape index (κ2) is 4.04. The first kappa shape index (κ1) is 8.11. The van der Waals surface area contributed by atoms with E-state index in [4.69, 9.17) is 0 Å². The van der Waals surface area contributed by atoms with Crippen molar-refractivity contribution in [1.82, 2.24) is 4.98 Å². The van der Waals surface area contributed by atoms with Crippen LogP contribution in [0.25, 0.3) is 0 Å². The average molecular weight is 188 g/mol. The maximum atomic E-state index is 3.85. The summed E-state index contributed by atoms with van der Waals surface area (Å²) >= 11 is 4.77. The molecule has 0 atom stereocenters. The Morgan fingerprint density at radius 2 is 2.57 bits per heavy atom. The Morgan fingerprint density at radius 3 is 2.71 bits per heavy atom. The largest absolute Gasteiger partial charge is 1.00 e. The van der Waals surface area contributed by atoms with Crippen molar-refractivity contribution in [2.24, 2.45) is 0 Å². The predicted molar refractivity (Wildman–Crippen MR) is 30.9 cm³/mol. The van der Waals surface area contributed by atoms with Crippen LogP contribution in [0.2, 0.25) is 0 Å². The van der Waals surface area contributed by atoms with Gasteiger partial charge in [0.1, 0.15) is 0 Å². The first-order valence-corrected chi connectivity index (χ1v) is 3.12. The van der Waals surface area contributed by atoms with Crippen molar-refractivity contribution in [3.8, 4) is 0 Å². The van der Waals surface area contributed by atoms with E-state index in [0.717, 1.165) is 3.92 Å². The van der Waals surface area contributed by atoms with Gasteiger partial charge in [0, 0.05) is 11.6 Å². The summed E-state index contributed by atoms with van der Waals surface area (Å²) in [6.07, 6.45) is 1.76. The van der Waals surface area contributed by atoms with E-state index in [2.05, 4.69) is 20.9 Å². The van der Waals surface area contributed by atoms with Crippen LogP contribution in [0.15, 0.2) is 15.5 Å². The van der Waals surface area contributed by atoms with Crippen LogP contribution < -0.4 is 29.6 Å². The molecule has 0 bridgehead atoms. The maximum absolute atomic E-state index is 3.85. The zero-order valence-corrected chi connectivity index (χ0v) is 8.29. The first-order valence-electron chi connectivity index (χ1n) is 1.44. The van der Waals surface area contributed by atoms with Gasteiger partial charge in [0.25, 0.3) is 0 Å². The van der Waals surface area contributed by atoms with Gasteiger partial charge in [0.15, 0.2) is 3.92 Å². The van der Waals surface area contributed by atoms with Crippen LogP contribution in [-0.2, 0) is 0 Å². The third-order valence-electron chi connectivity index (χ3n) is 0.402. The topological polar surface area (TPSA) is 12.9 Å². The van der Waals surface area contributed by atoms with Gasteiger partial charge in [0.2, 0.25) is 0 Å². The molecule has 1 aromatic rings. The SMILES string of the molecule is Brc1nccs1.[H-].[Na+]. The molecule has 7 heavy (non-hydrogen) atoms. The Kier molecular flexibility index (Phi) is 4.68. The second-order valence-electron chi connectivity index (χ2n) is 0.785. The van der Waals surface area contributed by atoms with Crippen molar-refractivity contribution in [3.63, 3.8) is 0 Å². The quantitative estimate of drug-likeness (QED) is 0.477. The normalized spacial score (nSPS) is 7.57. The minimum Gasteiger partial charge on any atom is -1.00 e. The number of rotatable bonds is 0. The van der Waals surface area contributed by atoms with E-state index in [0.29, 0.717) is 0 Å². The molecule has 0 N–H and O–H groups in total. The molecule has 1 heterocycles. The van der Waals surface area contributed by atoms with Crippen molar-refractivity contribution in [2.45, 2.75) is 0 Å². The van der Waals surface area contributed by atoms with Crippen molar-refractivity contribution in [3.05, 3.63) is 15.5 Å². The molecule has 0 saturated heterocycles. The molecule has 4 heteroatoms. The molecular weight excluding hydrogens is 185 g/mol. The second-order valence-corrected chi connectivity index (χ2v) is 2.96. The number of aromatic nitrogens is 1. The minimum atomic E-state index is 0. The Balaban J connectivity index is 0. The van der Waals surface area contributed by atoms with Gasteiger partial charge >= 0.3 is 29.6 Å². The van der Waals surface area contributed by atoms with Crippen molar-refractivity contribution in [2.75, 3.05) is 0 Å². The van der Waals surface area contributed by atoms with Gasteiger partial charge in [0.05, 0.1) is 0 Å². The Morgan fingerprint density at radius 1 is 1.86 bits per heavy atom. The van der Waals surface area contributed by atoms with Gasteiger partial charge in [-0.25, -0.2) is 4.98 Å². The summed E-state index contributed by atoms with van der Waals surface area (Å²) in [6, 6.07) is 0. The fourth-order valence-electron chi connectivity index (χ4n) is 0.206. The van der Waals surface area contributed by atoms with Gasteiger partial charge < -0.3 is 1.43 Å². The van der Waals surface area contributed by atoms with Gasteiger partial charge in [-0.2, -0.15) is 0 Å². The molecule has 1 aromatic heterocycles. The summed E-state index contributed by atoms with van der Waals surface area (Å²) < 4.78 is 0.947. The van der Waals surface area contributed by atoms with E-state index in [9.17, 15) is 0 Å². The van der Waals surface area contributed by atoms with Crippen LogP contribution >= 0.6 is 27.3 Å². The zero-order valence-electron chi connectivity index (χ0n) is 4.89. The van der Waals surface area contributed by atoms with Crippen LogP contribution in [0.5, 0.6) is 0 Å². The Labute approximate surface area is 78.1 Å². The van der Waals surface area contributed by atoms with E-state index in [1.807, 2.05) is 5.38 Å². The molecule has 0 radical (unpaired) electrons. The molecule has 0 fully saturated rings. The number of hydrogen-bond acceptors (Lipinski definition) is 2. The summed E-state index contributed by atoms with van der Waals surface area (Å²) in [4.78, 5) is 3.85. The number of thiazole rings is 1. The molecule has 0 aliphatic rings.